The first kappa shape index (κ1) is 13.8. The summed E-state index contributed by atoms with van der Waals surface area (Å²) in [6.45, 7) is 5.97. The van der Waals surface area contributed by atoms with Crippen molar-refractivity contribution in [3.05, 3.63) is 0 Å². The zero-order valence-corrected chi connectivity index (χ0v) is 11.2. The van der Waals surface area contributed by atoms with Gasteiger partial charge in [0.1, 0.15) is 0 Å². The number of rotatable bonds is 7. The van der Waals surface area contributed by atoms with Crippen molar-refractivity contribution in [3.8, 4) is 0 Å². The van der Waals surface area contributed by atoms with E-state index in [9.17, 15) is 4.79 Å². The second kappa shape index (κ2) is 7.96. The number of carbonyl (C=O) groups is 1. The number of carbonyl (C=O) groups excluding carboxylic acids is 1. The molecule has 16 heavy (non-hydrogen) atoms. The summed E-state index contributed by atoms with van der Waals surface area (Å²) in [6, 6.07) is 0.416. The van der Waals surface area contributed by atoms with Gasteiger partial charge in [0.2, 0.25) is 5.91 Å². The van der Waals surface area contributed by atoms with Gasteiger partial charge in [-0.1, -0.05) is 20.3 Å². The molecule has 0 spiro atoms. The van der Waals surface area contributed by atoms with Crippen molar-refractivity contribution in [3.63, 3.8) is 0 Å². The highest BCUT2D eigenvalue weighted by Gasteiger charge is 2.27. The van der Waals surface area contributed by atoms with Gasteiger partial charge in [-0.25, -0.2) is 0 Å². The molecule has 0 aromatic rings. The van der Waals surface area contributed by atoms with Crippen molar-refractivity contribution in [2.24, 2.45) is 0 Å². The van der Waals surface area contributed by atoms with Crippen molar-refractivity contribution in [2.45, 2.75) is 50.8 Å². The highest BCUT2D eigenvalue weighted by Crippen LogP contribution is 2.29. The fourth-order valence-electron chi connectivity index (χ4n) is 2.16. The van der Waals surface area contributed by atoms with Crippen molar-refractivity contribution < 1.29 is 4.79 Å². The molecule has 1 amide bonds. The van der Waals surface area contributed by atoms with Gasteiger partial charge in [-0.05, 0) is 25.1 Å². The summed E-state index contributed by atoms with van der Waals surface area (Å²) in [5.74, 6) is 1.35. The van der Waals surface area contributed by atoms with E-state index in [1.807, 2.05) is 11.8 Å². The van der Waals surface area contributed by atoms with Gasteiger partial charge in [-0.2, -0.15) is 11.8 Å². The largest absolute Gasteiger partial charge is 0.352 e. The van der Waals surface area contributed by atoms with E-state index in [2.05, 4.69) is 24.5 Å². The predicted molar refractivity (Wildman–Crippen MR) is 70.9 cm³/mol. The van der Waals surface area contributed by atoms with E-state index in [1.165, 1.54) is 12.8 Å². The van der Waals surface area contributed by atoms with E-state index in [0.717, 1.165) is 25.3 Å². The zero-order chi connectivity index (χ0) is 11.8. The molecule has 0 bridgehead atoms. The maximum atomic E-state index is 11.7. The lowest BCUT2D eigenvalue weighted by atomic mass is 10.2. The van der Waals surface area contributed by atoms with Crippen LogP contribution in [0.25, 0.3) is 0 Å². The van der Waals surface area contributed by atoms with Gasteiger partial charge in [0, 0.05) is 24.3 Å². The van der Waals surface area contributed by atoms with Gasteiger partial charge in [0.05, 0.1) is 0 Å². The first-order chi connectivity index (χ1) is 7.77. The summed E-state index contributed by atoms with van der Waals surface area (Å²) in [4.78, 5) is 11.7. The molecule has 0 aromatic carbocycles. The van der Waals surface area contributed by atoms with Crippen molar-refractivity contribution in [2.75, 3.05) is 18.8 Å². The molecule has 1 rings (SSSR count). The molecule has 1 aliphatic rings. The molecule has 1 saturated carbocycles. The molecule has 2 unspecified atom stereocenters. The molecular formula is C12H24N2OS. The third kappa shape index (κ3) is 4.74. The summed E-state index contributed by atoms with van der Waals surface area (Å²) >= 11 is 1.99. The lowest BCUT2D eigenvalue weighted by Crippen LogP contribution is -2.39. The standard InChI is InChI=1S/C12H24N2OS/c1-3-13-9-8-12(15)14-10-6-5-7-11(10)16-4-2/h10-11,13H,3-9H2,1-2H3,(H,14,15). The van der Waals surface area contributed by atoms with Crippen molar-refractivity contribution >= 4 is 17.7 Å². The topological polar surface area (TPSA) is 41.1 Å². The molecule has 0 radical (unpaired) electrons. The third-order valence-electron chi connectivity index (χ3n) is 2.96. The van der Waals surface area contributed by atoms with Crippen LogP contribution in [0.1, 0.15) is 39.5 Å². The van der Waals surface area contributed by atoms with Gasteiger partial charge in [0.15, 0.2) is 0 Å². The molecule has 1 aliphatic carbocycles. The number of thioether (sulfide) groups is 1. The molecule has 0 saturated heterocycles. The Labute approximate surface area is 103 Å². The predicted octanol–water partition coefficient (Wildman–Crippen LogP) is 1.78. The molecule has 1 fully saturated rings. The highest BCUT2D eigenvalue weighted by molar-refractivity contribution is 7.99. The second-order valence-corrected chi connectivity index (χ2v) is 5.72. The Bertz CT molecular complexity index is 211. The lowest BCUT2D eigenvalue weighted by molar-refractivity contribution is -0.121. The van der Waals surface area contributed by atoms with Gasteiger partial charge >= 0.3 is 0 Å². The van der Waals surface area contributed by atoms with E-state index in [0.29, 0.717) is 17.7 Å². The van der Waals surface area contributed by atoms with Crippen LogP contribution in [0.2, 0.25) is 0 Å². The SMILES string of the molecule is CCNCCC(=O)NC1CCCC1SCC. The van der Waals surface area contributed by atoms with Crippen LogP contribution in [-0.2, 0) is 4.79 Å². The van der Waals surface area contributed by atoms with Crippen LogP contribution in [0.5, 0.6) is 0 Å². The average molecular weight is 244 g/mol. The molecular weight excluding hydrogens is 220 g/mol. The monoisotopic (exact) mass is 244 g/mol. The van der Waals surface area contributed by atoms with Crippen LogP contribution >= 0.6 is 11.8 Å². The minimum absolute atomic E-state index is 0.203. The Kier molecular flexibility index (Phi) is 6.88. The number of hydrogen-bond acceptors (Lipinski definition) is 3. The van der Waals surface area contributed by atoms with E-state index in [1.54, 1.807) is 0 Å². The highest BCUT2D eigenvalue weighted by atomic mass is 32.2. The van der Waals surface area contributed by atoms with Crippen LogP contribution < -0.4 is 10.6 Å². The Balaban J connectivity index is 2.21. The molecule has 4 heteroatoms. The Morgan fingerprint density at radius 2 is 2.19 bits per heavy atom. The smallest absolute Gasteiger partial charge is 0.221 e. The first-order valence-corrected chi connectivity index (χ1v) is 7.44. The van der Waals surface area contributed by atoms with Gasteiger partial charge in [0.25, 0.3) is 0 Å². The summed E-state index contributed by atoms with van der Waals surface area (Å²) in [5.41, 5.74) is 0. The van der Waals surface area contributed by atoms with Crippen LogP contribution in [-0.4, -0.2) is 36.0 Å². The van der Waals surface area contributed by atoms with Gasteiger partial charge in [-0.15, -0.1) is 0 Å². The van der Waals surface area contributed by atoms with Crippen LogP contribution in [0.4, 0.5) is 0 Å². The molecule has 3 nitrogen and oxygen atoms in total. The minimum atomic E-state index is 0.203. The molecule has 0 aromatic heterocycles. The minimum Gasteiger partial charge on any atom is -0.352 e. The fraction of sp³-hybridized carbons (Fsp3) is 0.917. The molecule has 94 valence electrons. The van der Waals surface area contributed by atoms with E-state index in [-0.39, 0.29) is 5.91 Å². The quantitative estimate of drug-likeness (QED) is 0.671. The van der Waals surface area contributed by atoms with E-state index < -0.39 is 0 Å². The summed E-state index contributed by atoms with van der Waals surface area (Å²) in [7, 11) is 0. The Morgan fingerprint density at radius 1 is 1.38 bits per heavy atom. The summed E-state index contributed by atoms with van der Waals surface area (Å²) in [6.07, 6.45) is 4.28. The van der Waals surface area contributed by atoms with Crippen molar-refractivity contribution in [1.82, 2.24) is 10.6 Å². The maximum absolute atomic E-state index is 11.7. The number of hydrogen-bond donors (Lipinski definition) is 2. The Hall–Kier alpha value is -0.220. The van der Waals surface area contributed by atoms with Crippen LogP contribution in [0, 0.1) is 0 Å². The fourth-order valence-corrected chi connectivity index (χ4v) is 3.36. The van der Waals surface area contributed by atoms with E-state index in [4.69, 9.17) is 0 Å². The lowest BCUT2D eigenvalue weighted by Gasteiger charge is -2.20. The summed E-state index contributed by atoms with van der Waals surface area (Å²) in [5, 5.41) is 6.99. The second-order valence-electron chi connectivity index (χ2n) is 4.20. The summed E-state index contributed by atoms with van der Waals surface area (Å²) < 4.78 is 0. The normalized spacial score (nSPS) is 24.6. The van der Waals surface area contributed by atoms with E-state index >= 15 is 0 Å². The molecule has 0 heterocycles. The van der Waals surface area contributed by atoms with Crippen LogP contribution in [0.15, 0.2) is 0 Å². The van der Waals surface area contributed by atoms with Gasteiger partial charge in [-0.3, -0.25) is 4.79 Å². The third-order valence-corrected chi connectivity index (χ3v) is 4.28. The van der Waals surface area contributed by atoms with Crippen LogP contribution in [0.3, 0.4) is 0 Å². The molecule has 2 N–H and O–H groups in total. The number of amides is 1. The molecule has 2 atom stereocenters. The average Bonchev–Trinajstić information content (AvgIpc) is 2.67. The Morgan fingerprint density at radius 3 is 2.88 bits per heavy atom. The molecule has 0 aliphatic heterocycles. The van der Waals surface area contributed by atoms with Gasteiger partial charge < -0.3 is 10.6 Å². The maximum Gasteiger partial charge on any atom is 0.221 e. The number of nitrogens with one attached hydrogen (secondary N) is 2. The van der Waals surface area contributed by atoms with Crippen molar-refractivity contribution in [1.29, 1.82) is 0 Å². The first-order valence-electron chi connectivity index (χ1n) is 6.39. The zero-order valence-electron chi connectivity index (χ0n) is 10.4.